The van der Waals surface area contributed by atoms with E-state index in [-0.39, 0.29) is 5.70 Å². The predicted octanol–water partition coefficient (Wildman–Crippen LogP) is -0.290. The van der Waals surface area contributed by atoms with Crippen molar-refractivity contribution in [3.63, 3.8) is 0 Å². The SMILES string of the molecule is O=C1NC(=O)C(=Cc2ccnc(N3CCCC3C(=O)O)n2)N1. The monoisotopic (exact) mass is 303 g/mol. The zero-order valence-corrected chi connectivity index (χ0v) is 11.4. The van der Waals surface area contributed by atoms with Crippen molar-refractivity contribution in [2.75, 3.05) is 11.4 Å². The first-order valence-electron chi connectivity index (χ1n) is 6.71. The summed E-state index contributed by atoms with van der Waals surface area (Å²) in [7, 11) is 0. The minimum absolute atomic E-state index is 0.0888. The number of hydrogen-bond acceptors (Lipinski definition) is 6. The fourth-order valence-electron chi connectivity index (χ4n) is 2.47. The standard InChI is InChI=1S/C13H13N5O4/c19-10-8(16-13(22)17-10)6-7-3-4-14-12(15-7)18-5-1-2-9(18)11(20)21/h3-4,6,9H,1-2,5H2,(H,20,21)(H2,16,17,19,22). The second kappa shape index (κ2) is 5.43. The zero-order valence-electron chi connectivity index (χ0n) is 11.4. The summed E-state index contributed by atoms with van der Waals surface area (Å²) < 4.78 is 0. The van der Waals surface area contributed by atoms with Crippen LogP contribution in [0.25, 0.3) is 6.08 Å². The van der Waals surface area contributed by atoms with E-state index >= 15 is 0 Å². The van der Waals surface area contributed by atoms with Crippen molar-refractivity contribution in [1.29, 1.82) is 0 Å². The number of nitrogens with one attached hydrogen (secondary N) is 2. The summed E-state index contributed by atoms with van der Waals surface area (Å²) in [5, 5.41) is 13.6. The lowest BCUT2D eigenvalue weighted by Crippen LogP contribution is -2.37. The molecule has 2 aliphatic rings. The Balaban J connectivity index is 1.87. The molecule has 3 rings (SSSR count). The van der Waals surface area contributed by atoms with E-state index in [0.717, 1.165) is 6.42 Å². The normalized spacial score (nSPS) is 22.8. The van der Waals surface area contributed by atoms with Crippen molar-refractivity contribution >= 4 is 29.9 Å². The van der Waals surface area contributed by atoms with Gasteiger partial charge in [0.25, 0.3) is 5.91 Å². The highest BCUT2D eigenvalue weighted by molar-refractivity contribution is 6.13. The van der Waals surface area contributed by atoms with Gasteiger partial charge in [0.15, 0.2) is 0 Å². The molecule has 0 saturated carbocycles. The van der Waals surface area contributed by atoms with Crippen molar-refractivity contribution in [1.82, 2.24) is 20.6 Å². The van der Waals surface area contributed by atoms with Crippen LogP contribution < -0.4 is 15.5 Å². The number of anilines is 1. The molecule has 0 radical (unpaired) electrons. The first-order valence-corrected chi connectivity index (χ1v) is 6.71. The van der Waals surface area contributed by atoms with E-state index in [1.54, 1.807) is 11.0 Å². The third-order valence-electron chi connectivity index (χ3n) is 3.47. The van der Waals surface area contributed by atoms with Crippen LogP contribution in [-0.2, 0) is 9.59 Å². The Hall–Kier alpha value is -2.97. The molecule has 3 amide bonds. The number of nitrogens with zero attached hydrogens (tertiary/aromatic N) is 3. The third-order valence-corrected chi connectivity index (χ3v) is 3.47. The van der Waals surface area contributed by atoms with Crippen molar-refractivity contribution in [2.24, 2.45) is 0 Å². The number of hydrogen-bond donors (Lipinski definition) is 3. The van der Waals surface area contributed by atoms with Crippen LogP contribution in [0.4, 0.5) is 10.7 Å². The first-order chi connectivity index (χ1) is 10.5. The number of amides is 3. The third kappa shape index (κ3) is 2.60. The van der Waals surface area contributed by atoms with E-state index in [9.17, 15) is 19.5 Å². The molecule has 2 aliphatic heterocycles. The van der Waals surface area contributed by atoms with Crippen LogP contribution >= 0.6 is 0 Å². The van der Waals surface area contributed by atoms with Crippen LogP contribution in [0.15, 0.2) is 18.0 Å². The summed E-state index contributed by atoms with van der Waals surface area (Å²) in [4.78, 5) is 43.7. The molecule has 2 saturated heterocycles. The number of rotatable bonds is 3. The number of carbonyl (C=O) groups is 3. The zero-order chi connectivity index (χ0) is 15.7. The van der Waals surface area contributed by atoms with Gasteiger partial charge in [0.1, 0.15) is 11.7 Å². The van der Waals surface area contributed by atoms with E-state index in [4.69, 9.17) is 0 Å². The quantitative estimate of drug-likeness (QED) is 0.517. The molecule has 0 bridgehead atoms. The van der Waals surface area contributed by atoms with Crippen LogP contribution in [-0.4, -0.2) is 45.6 Å². The molecule has 3 heterocycles. The van der Waals surface area contributed by atoms with Crippen LogP contribution in [0.1, 0.15) is 18.5 Å². The minimum Gasteiger partial charge on any atom is -0.480 e. The topological polar surface area (TPSA) is 125 Å². The lowest BCUT2D eigenvalue weighted by atomic mass is 10.2. The summed E-state index contributed by atoms with van der Waals surface area (Å²) in [6, 6.07) is 0.341. The number of carboxylic acids is 1. The molecule has 9 heteroatoms. The maximum Gasteiger partial charge on any atom is 0.326 e. The molecular formula is C13H13N5O4. The van der Waals surface area contributed by atoms with E-state index in [0.29, 0.717) is 24.6 Å². The van der Waals surface area contributed by atoms with Gasteiger partial charge in [-0.15, -0.1) is 0 Å². The molecular weight excluding hydrogens is 290 g/mol. The molecule has 1 aromatic heterocycles. The van der Waals surface area contributed by atoms with Gasteiger partial charge < -0.3 is 15.3 Å². The van der Waals surface area contributed by atoms with E-state index in [2.05, 4.69) is 20.6 Å². The average Bonchev–Trinajstić information content (AvgIpc) is 3.06. The number of carboxylic acid groups (broad SMARTS) is 1. The van der Waals surface area contributed by atoms with Crippen LogP contribution in [0.5, 0.6) is 0 Å². The maximum atomic E-state index is 11.5. The number of imide groups is 1. The smallest absolute Gasteiger partial charge is 0.326 e. The Morgan fingerprint density at radius 3 is 2.91 bits per heavy atom. The molecule has 22 heavy (non-hydrogen) atoms. The number of aromatic nitrogens is 2. The van der Waals surface area contributed by atoms with Gasteiger partial charge >= 0.3 is 12.0 Å². The van der Waals surface area contributed by atoms with Crippen LogP contribution in [0, 0.1) is 0 Å². The fraction of sp³-hybridized carbons (Fsp3) is 0.308. The summed E-state index contributed by atoms with van der Waals surface area (Å²) in [5.74, 6) is -1.15. The minimum atomic E-state index is -0.910. The lowest BCUT2D eigenvalue weighted by molar-refractivity contribution is -0.138. The molecule has 1 atom stereocenters. The van der Waals surface area contributed by atoms with Gasteiger partial charge in [0.05, 0.1) is 5.69 Å². The van der Waals surface area contributed by atoms with Crippen molar-refractivity contribution in [3.05, 3.63) is 23.7 Å². The number of carbonyl (C=O) groups excluding carboxylic acids is 2. The second-order valence-electron chi connectivity index (χ2n) is 4.94. The largest absolute Gasteiger partial charge is 0.480 e. The van der Waals surface area contributed by atoms with Crippen molar-refractivity contribution < 1.29 is 19.5 Å². The molecule has 114 valence electrons. The van der Waals surface area contributed by atoms with Gasteiger partial charge in [-0.25, -0.2) is 19.6 Å². The van der Waals surface area contributed by atoms with Gasteiger partial charge in [-0.3, -0.25) is 10.1 Å². The maximum absolute atomic E-state index is 11.5. The number of aliphatic carboxylic acids is 1. The Bertz CT molecular complexity index is 687. The summed E-state index contributed by atoms with van der Waals surface area (Å²) in [6.07, 6.45) is 4.20. The van der Waals surface area contributed by atoms with Crippen molar-refractivity contribution in [3.8, 4) is 0 Å². The van der Waals surface area contributed by atoms with E-state index in [1.807, 2.05) is 0 Å². The van der Waals surface area contributed by atoms with Gasteiger partial charge in [0.2, 0.25) is 5.95 Å². The molecule has 3 N–H and O–H groups in total. The average molecular weight is 303 g/mol. The lowest BCUT2D eigenvalue weighted by Gasteiger charge is -2.21. The Morgan fingerprint density at radius 1 is 1.41 bits per heavy atom. The van der Waals surface area contributed by atoms with Gasteiger partial charge in [-0.2, -0.15) is 0 Å². The first kappa shape index (κ1) is 14.0. The van der Waals surface area contributed by atoms with Gasteiger partial charge in [-0.1, -0.05) is 0 Å². The summed E-state index contributed by atoms with van der Waals surface area (Å²) >= 11 is 0. The molecule has 0 spiro atoms. The van der Waals surface area contributed by atoms with E-state index in [1.165, 1.54) is 12.3 Å². The Kier molecular flexibility index (Phi) is 3.45. The number of urea groups is 1. The molecule has 9 nitrogen and oxygen atoms in total. The van der Waals surface area contributed by atoms with Gasteiger partial charge in [-0.05, 0) is 25.0 Å². The van der Waals surface area contributed by atoms with Crippen LogP contribution in [0.3, 0.4) is 0 Å². The molecule has 0 aliphatic carbocycles. The molecule has 1 aromatic rings. The molecule has 1 unspecified atom stereocenters. The summed E-state index contributed by atoms with van der Waals surface area (Å²) in [5.41, 5.74) is 0.499. The Morgan fingerprint density at radius 2 is 2.23 bits per heavy atom. The van der Waals surface area contributed by atoms with Crippen molar-refractivity contribution in [2.45, 2.75) is 18.9 Å². The highest BCUT2D eigenvalue weighted by Crippen LogP contribution is 2.22. The Labute approximate surface area is 125 Å². The van der Waals surface area contributed by atoms with Crippen LogP contribution in [0.2, 0.25) is 0 Å². The summed E-state index contributed by atoms with van der Waals surface area (Å²) in [6.45, 7) is 0.564. The highest BCUT2D eigenvalue weighted by atomic mass is 16.4. The molecule has 0 aromatic carbocycles. The fourth-order valence-corrected chi connectivity index (χ4v) is 2.47. The predicted molar refractivity (Wildman–Crippen MR) is 74.7 cm³/mol. The molecule has 2 fully saturated rings. The highest BCUT2D eigenvalue weighted by Gasteiger charge is 2.32. The second-order valence-corrected chi connectivity index (χ2v) is 4.94. The van der Waals surface area contributed by atoms with Gasteiger partial charge in [0, 0.05) is 12.7 Å². The van der Waals surface area contributed by atoms with E-state index < -0.39 is 23.9 Å².